The molecular weight excluding hydrogens is 456 g/mol. The molecule has 4 rings (SSSR count). The van der Waals surface area contributed by atoms with Crippen LogP contribution in [0.1, 0.15) is 15.9 Å². The molecule has 3 aromatic rings. The van der Waals surface area contributed by atoms with E-state index in [4.69, 9.17) is 4.74 Å². The number of sulfonamides is 1. The lowest BCUT2D eigenvalue weighted by atomic mass is 10.1. The first-order chi connectivity index (χ1) is 13.7. The molecule has 1 amide bonds. The highest BCUT2D eigenvalue weighted by Crippen LogP contribution is 2.39. The van der Waals surface area contributed by atoms with Crippen molar-refractivity contribution >= 4 is 43.2 Å². The molecule has 1 N–H and O–H groups in total. The summed E-state index contributed by atoms with van der Waals surface area (Å²) in [5, 5.41) is 0. The van der Waals surface area contributed by atoms with E-state index >= 15 is 0 Å². The molecule has 1 aliphatic heterocycles. The van der Waals surface area contributed by atoms with Gasteiger partial charge in [-0.3, -0.25) is 9.52 Å². The van der Waals surface area contributed by atoms with Crippen molar-refractivity contribution in [2.75, 3.05) is 16.7 Å². The van der Waals surface area contributed by atoms with Crippen LogP contribution in [0, 0.1) is 6.92 Å². The Morgan fingerprint density at radius 3 is 2.38 bits per heavy atom. The summed E-state index contributed by atoms with van der Waals surface area (Å²) in [5.41, 5.74) is 2.21. The lowest BCUT2D eigenvalue weighted by Crippen LogP contribution is -2.25. The van der Waals surface area contributed by atoms with Crippen molar-refractivity contribution < 1.29 is 17.9 Å². The number of benzene rings is 3. The number of ether oxygens (including phenoxy) is 1. The molecule has 0 radical (unpaired) electrons. The van der Waals surface area contributed by atoms with Gasteiger partial charge in [0.1, 0.15) is 5.75 Å². The zero-order chi connectivity index (χ0) is 20.8. The highest BCUT2D eigenvalue weighted by atomic mass is 79.9. The normalized spacial score (nSPS) is 13.2. The van der Waals surface area contributed by atoms with Crippen molar-refractivity contribution in [3.05, 3.63) is 76.3 Å². The first-order valence-electron chi connectivity index (χ1n) is 8.73. The Bertz CT molecular complexity index is 1220. The standard InChI is InChI=1S/C21H17BrN2O4S/c1-13-3-9-20-18(11-13)24(2)21(25)17-12-15(6-10-19(17)28-20)23-29(26,27)16-7-4-14(22)5-8-16/h3-12,23H,1-2H3. The summed E-state index contributed by atoms with van der Waals surface area (Å²) in [4.78, 5) is 14.6. The number of carbonyl (C=O) groups excluding carboxylic acids is 1. The van der Waals surface area contributed by atoms with Crippen LogP contribution < -0.4 is 14.4 Å². The summed E-state index contributed by atoms with van der Waals surface area (Å²) < 4.78 is 34.6. The number of rotatable bonds is 3. The second-order valence-electron chi connectivity index (χ2n) is 6.71. The molecule has 29 heavy (non-hydrogen) atoms. The quantitative estimate of drug-likeness (QED) is 0.585. The number of fused-ring (bicyclic) bond motifs is 2. The molecule has 1 aliphatic rings. The number of hydrogen-bond donors (Lipinski definition) is 1. The van der Waals surface area contributed by atoms with E-state index in [0.29, 0.717) is 17.2 Å². The largest absolute Gasteiger partial charge is 0.454 e. The van der Waals surface area contributed by atoms with Crippen molar-refractivity contribution in [3.63, 3.8) is 0 Å². The van der Waals surface area contributed by atoms with Gasteiger partial charge >= 0.3 is 0 Å². The first-order valence-corrected chi connectivity index (χ1v) is 11.0. The second-order valence-corrected chi connectivity index (χ2v) is 9.31. The summed E-state index contributed by atoms with van der Waals surface area (Å²) in [6.45, 7) is 1.94. The van der Waals surface area contributed by atoms with Crippen molar-refractivity contribution in [2.45, 2.75) is 11.8 Å². The van der Waals surface area contributed by atoms with E-state index in [9.17, 15) is 13.2 Å². The lowest BCUT2D eigenvalue weighted by molar-refractivity contribution is 0.0993. The van der Waals surface area contributed by atoms with Gasteiger partial charge in [-0.1, -0.05) is 22.0 Å². The van der Waals surface area contributed by atoms with Crippen LogP contribution in [0.2, 0.25) is 0 Å². The van der Waals surface area contributed by atoms with Crippen LogP contribution in [0.15, 0.2) is 70.0 Å². The predicted octanol–water partition coefficient (Wildman–Crippen LogP) is 4.94. The van der Waals surface area contributed by atoms with Crippen LogP contribution in [0.5, 0.6) is 11.5 Å². The van der Waals surface area contributed by atoms with Crippen LogP contribution in [-0.2, 0) is 10.0 Å². The fraction of sp³-hybridized carbons (Fsp3) is 0.0952. The maximum Gasteiger partial charge on any atom is 0.261 e. The molecule has 0 aliphatic carbocycles. The molecule has 1 heterocycles. The molecule has 0 aromatic heterocycles. The van der Waals surface area contributed by atoms with E-state index in [1.165, 1.54) is 23.1 Å². The van der Waals surface area contributed by atoms with Crippen molar-refractivity contribution in [1.82, 2.24) is 0 Å². The smallest absolute Gasteiger partial charge is 0.261 e. The Hall–Kier alpha value is -2.84. The summed E-state index contributed by atoms with van der Waals surface area (Å²) in [6.07, 6.45) is 0. The van der Waals surface area contributed by atoms with Gasteiger partial charge in [-0.2, -0.15) is 0 Å². The number of nitrogens with zero attached hydrogens (tertiary/aromatic N) is 1. The number of nitrogens with one attached hydrogen (secondary N) is 1. The third-order valence-electron chi connectivity index (χ3n) is 4.59. The minimum absolute atomic E-state index is 0.123. The molecule has 0 unspecified atom stereocenters. The van der Waals surface area contributed by atoms with Gasteiger partial charge in [0.15, 0.2) is 5.75 Å². The molecule has 6 nitrogen and oxygen atoms in total. The third kappa shape index (κ3) is 3.73. The molecule has 0 saturated carbocycles. The van der Waals surface area contributed by atoms with Crippen molar-refractivity contribution in [1.29, 1.82) is 0 Å². The highest BCUT2D eigenvalue weighted by Gasteiger charge is 2.26. The van der Waals surface area contributed by atoms with Gasteiger partial charge in [0, 0.05) is 17.2 Å². The molecule has 0 spiro atoms. The topological polar surface area (TPSA) is 75.7 Å². The van der Waals surface area contributed by atoms with E-state index in [1.807, 2.05) is 25.1 Å². The highest BCUT2D eigenvalue weighted by molar-refractivity contribution is 9.10. The van der Waals surface area contributed by atoms with Gasteiger partial charge < -0.3 is 9.64 Å². The monoisotopic (exact) mass is 472 g/mol. The molecule has 0 bridgehead atoms. The molecular formula is C21H17BrN2O4S. The molecule has 0 saturated heterocycles. The Labute approximate surface area is 177 Å². The summed E-state index contributed by atoms with van der Waals surface area (Å²) >= 11 is 3.29. The Kier molecular flexibility index (Phi) is 4.84. The third-order valence-corrected chi connectivity index (χ3v) is 6.51. The Morgan fingerprint density at radius 2 is 1.66 bits per heavy atom. The van der Waals surface area contributed by atoms with E-state index in [2.05, 4.69) is 20.7 Å². The van der Waals surface area contributed by atoms with Crippen LogP contribution in [0.25, 0.3) is 0 Å². The number of amides is 1. The predicted molar refractivity (Wildman–Crippen MR) is 115 cm³/mol. The zero-order valence-corrected chi connectivity index (χ0v) is 18.0. The van der Waals surface area contributed by atoms with Crippen LogP contribution in [0.4, 0.5) is 11.4 Å². The summed E-state index contributed by atoms with van der Waals surface area (Å²) in [6, 6.07) is 16.5. The van der Waals surface area contributed by atoms with Crippen molar-refractivity contribution in [2.24, 2.45) is 0 Å². The Morgan fingerprint density at radius 1 is 0.966 bits per heavy atom. The maximum atomic E-state index is 13.0. The minimum atomic E-state index is -3.79. The number of hydrogen-bond acceptors (Lipinski definition) is 4. The van der Waals surface area contributed by atoms with Gasteiger partial charge in [0.25, 0.3) is 15.9 Å². The average Bonchev–Trinajstić information content (AvgIpc) is 2.78. The fourth-order valence-corrected chi connectivity index (χ4v) is 4.38. The molecule has 3 aromatic carbocycles. The number of anilines is 2. The van der Waals surface area contributed by atoms with E-state index in [-0.39, 0.29) is 22.1 Å². The number of aryl methyl sites for hydroxylation is 1. The van der Waals surface area contributed by atoms with E-state index in [0.717, 1.165) is 10.0 Å². The number of halogens is 1. The molecule has 0 fully saturated rings. The lowest BCUT2D eigenvalue weighted by Gasteiger charge is -2.17. The number of carbonyl (C=O) groups is 1. The molecule has 8 heteroatoms. The van der Waals surface area contributed by atoms with Gasteiger partial charge in [-0.05, 0) is 67.1 Å². The van der Waals surface area contributed by atoms with E-state index in [1.54, 1.807) is 31.3 Å². The van der Waals surface area contributed by atoms with Gasteiger partial charge in [-0.15, -0.1) is 0 Å². The van der Waals surface area contributed by atoms with E-state index < -0.39 is 10.0 Å². The SMILES string of the molecule is Cc1ccc2c(c1)N(C)C(=O)c1cc(NS(=O)(=O)c3ccc(Br)cc3)ccc1O2. The first kappa shape index (κ1) is 19.5. The van der Waals surface area contributed by atoms with Crippen LogP contribution >= 0.6 is 15.9 Å². The molecule has 148 valence electrons. The van der Waals surface area contributed by atoms with Gasteiger partial charge in [0.2, 0.25) is 0 Å². The maximum absolute atomic E-state index is 13.0. The van der Waals surface area contributed by atoms with Gasteiger partial charge in [0.05, 0.1) is 16.1 Å². The zero-order valence-electron chi connectivity index (χ0n) is 15.6. The minimum Gasteiger partial charge on any atom is -0.454 e. The second kappa shape index (κ2) is 7.20. The van der Waals surface area contributed by atoms with Crippen LogP contribution in [0.3, 0.4) is 0 Å². The summed E-state index contributed by atoms with van der Waals surface area (Å²) in [5.74, 6) is 0.651. The molecule has 0 atom stereocenters. The van der Waals surface area contributed by atoms with Gasteiger partial charge in [-0.25, -0.2) is 8.42 Å². The van der Waals surface area contributed by atoms with Crippen molar-refractivity contribution in [3.8, 4) is 11.5 Å². The summed E-state index contributed by atoms with van der Waals surface area (Å²) in [7, 11) is -2.13. The average molecular weight is 473 g/mol. The fourth-order valence-electron chi connectivity index (χ4n) is 3.06. The Balaban J connectivity index is 1.70. The van der Waals surface area contributed by atoms with Crippen LogP contribution in [-0.4, -0.2) is 21.4 Å².